The predicted molar refractivity (Wildman–Crippen MR) is 72.8 cm³/mol. The molecule has 3 heteroatoms. The van der Waals surface area contributed by atoms with Crippen molar-refractivity contribution in [3.8, 4) is 5.75 Å². The van der Waals surface area contributed by atoms with Crippen molar-refractivity contribution in [1.29, 1.82) is 0 Å². The zero-order valence-corrected chi connectivity index (χ0v) is 10.8. The Hall–Kier alpha value is -1.06. The Labute approximate surface area is 109 Å². The first-order valence-electron chi connectivity index (χ1n) is 6.91. The topological polar surface area (TPSA) is 41.5 Å². The van der Waals surface area contributed by atoms with Gasteiger partial charge in [-0.2, -0.15) is 0 Å². The van der Waals surface area contributed by atoms with E-state index in [1.807, 2.05) is 30.3 Å². The smallest absolute Gasteiger partial charge is 0.119 e. The molecule has 0 bridgehead atoms. The maximum atomic E-state index is 9.42. The first-order valence-corrected chi connectivity index (χ1v) is 6.91. The van der Waals surface area contributed by atoms with Crippen molar-refractivity contribution in [3.05, 3.63) is 30.3 Å². The molecule has 3 nitrogen and oxygen atoms in total. The Morgan fingerprint density at radius 1 is 1.11 bits per heavy atom. The molecular formula is C15H23NO2. The first kappa shape index (κ1) is 13.4. The number of aliphatic hydroxyl groups excluding tert-OH is 1. The van der Waals surface area contributed by atoms with Crippen LogP contribution < -0.4 is 10.1 Å². The van der Waals surface area contributed by atoms with Crippen molar-refractivity contribution in [1.82, 2.24) is 5.32 Å². The van der Waals surface area contributed by atoms with Gasteiger partial charge >= 0.3 is 0 Å². The van der Waals surface area contributed by atoms with E-state index in [9.17, 15) is 5.11 Å². The van der Waals surface area contributed by atoms with E-state index in [1.54, 1.807) is 0 Å². The molecule has 0 amide bonds. The van der Waals surface area contributed by atoms with Gasteiger partial charge in [0, 0.05) is 6.54 Å². The van der Waals surface area contributed by atoms with Crippen LogP contribution in [0.2, 0.25) is 0 Å². The van der Waals surface area contributed by atoms with Crippen LogP contribution in [0.1, 0.15) is 25.7 Å². The lowest BCUT2D eigenvalue weighted by Crippen LogP contribution is -2.30. The highest BCUT2D eigenvalue weighted by Gasteiger charge is 2.18. The van der Waals surface area contributed by atoms with Gasteiger partial charge in [-0.05, 0) is 50.3 Å². The van der Waals surface area contributed by atoms with Crippen LogP contribution >= 0.6 is 0 Å². The molecule has 1 aliphatic rings. The van der Waals surface area contributed by atoms with Crippen molar-refractivity contribution in [3.63, 3.8) is 0 Å². The van der Waals surface area contributed by atoms with Crippen molar-refractivity contribution < 1.29 is 9.84 Å². The van der Waals surface area contributed by atoms with Crippen LogP contribution in [0.5, 0.6) is 5.75 Å². The number of benzene rings is 1. The second-order valence-electron chi connectivity index (χ2n) is 5.04. The summed E-state index contributed by atoms with van der Waals surface area (Å²) in [6.07, 6.45) is 4.17. The van der Waals surface area contributed by atoms with Crippen molar-refractivity contribution in [2.75, 3.05) is 19.7 Å². The molecule has 0 radical (unpaired) electrons. The average molecular weight is 249 g/mol. The molecule has 1 saturated carbocycles. The molecule has 0 aromatic heterocycles. The molecule has 0 unspecified atom stereocenters. The fourth-order valence-corrected chi connectivity index (χ4v) is 2.41. The fourth-order valence-electron chi connectivity index (χ4n) is 2.41. The largest absolute Gasteiger partial charge is 0.492 e. The molecule has 1 aromatic carbocycles. The van der Waals surface area contributed by atoms with Gasteiger partial charge < -0.3 is 15.2 Å². The summed E-state index contributed by atoms with van der Waals surface area (Å²) in [7, 11) is 0. The minimum Gasteiger partial charge on any atom is -0.492 e. The predicted octanol–water partition coefficient (Wildman–Crippen LogP) is 2.21. The van der Waals surface area contributed by atoms with E-state index in [4.69, 9.17) is 4.74 Å². The van der Waals surface area contributed by atoms with Crippen molar-refractivity contribution in [2.45, 2.75) is 31.8 Å². The summed E-state index contributed by atoms with van der Waals surface area (Å²) in [5.74, 6) is 1.66. The van der Waals surface area contributed by atoms with E-state index in [0.29, 0.717) is 6.61 Å². The van der Waals surface area contributed by atoms with Crippen LogP contribution in [0, 0.1) is 5.92 Å². The van der Waals surface area contributed by atoms with Gasteiger partial charge in [0.2, 0.25) is 0 Å². The van der Waals surface area contributed by atoms with Crippen LogP contribution in [0.15, 0.2) is 30.3 Å². The van der Waals surface area contributed by atoms with Crippen molar-refractivity contribution >= 4 is 0 Å². The quantitative estimate of drug-likeness (QED) is 0.760. The zero-order valence-electron chi connectivity index (χ0n) is 10.8. The molecular weight excluding hydrogens is 226 g/mol. The minimum atomic E-state index is -0.0531. The van der Waals surface area contributed by atoms with Gasteiger partial charge in [0.05, 0.1) is 6.10 Å². The van der Waals surface area contributed by atoms with Gasteiger partial charge in [-0.1, -0.05) is 18.2 Å². The number of nitrogens with one attached hydrogen (secondary N) is 1. The van der Waals surface area contributed by atoms with Crippen LogP contribution in [0.3, 0.4) is 0 Å². The summed E-state index contributed by atoms with van der Waals surface area (Å²) < 4.78 is 5.61. The molecule has 0 saturated heterocycles. The number of hydrogen-bond acceptors (Lipinski definition) is 3. The van der Waals surface area contributed by atoms with Crippen molar-refractivity contribution in [2.24, 2.45) is 5.92 Å². The number of ether oxygens (including phenoxy) is 1. The monoisotopic (exact) mass is 249 g/mol. The zero-order chi connectivity index (χ0) is 12.6. The lowest BCUT2D eigenvalue weighted by Gasteiger charge is -2.25. The van der Waals surface area contributed by atoms with Gasteiger partial charge in [-0.3, -0.25) is 0 Å². The van der Waals surface area contributed by atoms with Crippen LogP contribution in [0.25, 0.3) is 0 Å². The Bertz CT molecular complexity index is 321. The second-order valence-corrected chi connectivity index (χ2v) is 5.04. The van der Waals surface area contributed by atoms with Gasteiger partial charge in [0.1, 0.15) is 12.4 Å². The van der Waals surface area contributed by atoms with E-state index in [-0.39, 0.29) is 6.10 Å². The number of rotatable bonds is 6. The molecule has 100 valence electrons. The number of para-hydroxylation sites is 1. The van der Waals surface area contributed by atoms with Gasteiger partial charge in [0.15, 0.2) is 0 Å². The third kappa shape index (κ3) is 4.67. The number of hydrogen-bond donors (Lipinski definition) is 2. The second kappa shape index (κ2) is 7.39. The van der Waals surface area contributed by atoms with Crippen LogP contribution in [0.4, 0.5) is 0 Å². The molecule has 0 heterocycles. The highest BCUT2D eigenvalue weighted by atomic mass is 16.5. The average Bonchev–Trinajstić information content (AvgIpc) is 2.42. The van der Waals surface area contributed by atoms with Gasteiger partial charge in [-0.15, -0.1) is 0 Å². The molecule has 0 atom stereocenters. The maximum absolute atomic E-state index is 9.42. The Morgan fingerprint density at radius 3 is 2.56 bits per heavy atom. The van der Waals surface area contributed by atoms with Gasteiger partial charge in [0.25, 0.3) is 0 Å². The van der Waals surface area contributed by atoms with Crippen LogP contribution in [-0.4, -0.2) is 30.9 Å². The van der Waals surface area contributed by atoms with E-state index >= 15 is 0 Å². The highest BCUT2D eigenvalue weighted by molar-refractivity contribution is 5.20. The van der Waals surface area contributed by atoms with E-state index < -0.39 is 0 Å². The molecule has 0 spiro atoms. The Balaban J connectivity index is 1.51. The lowest BCUT2D eigenvalue weighted by molar-refractivity contribution is 0.108. The molecule has 1 aromatic rings. The maximum Gasteiger partial charge on any atom is 0.119 e. The van der Waals surface area contributed by atoms with E-state index in [1.165, 1.54) is 0 Å². The Kier molecular flexibility index (Phi) is 5.49. The summed E-state index contributed by atoms with van der Waals surface area (Å²) in [6, 6.07) is 9.90. The summed E-state index contributed by atoms with van der Waals surface area (Å²) in [4.78, 5) is 0. The molecule has 2 rings (SSSR count). The standard InChI is InChI=1S/C15H23NO2/c17-14-8-6-13(7-9-14)12-16-10-11-18-15-4-2-1-3-5-15/h1-5,13-14,16-17H,6-12H2. The fraction of sp³-hybridized carbons (Fsp3) is 0.600. The molecule has 0 aliphatic heterocycles. The first-order chi connectivity index (χ1) is 8.84. The third-order valence-corrected chi connectivity index (χ3v) is 3.54. The highest BCUT2D eigenvalue weighted by Crippen LogP contribution is 2.23. The normalized spacial score (nSPS) is 23.8. The van der Waals surface area contributed by atoms with E-state index in [0.717, 1.165) is 50.4 Å². The third-order valence-electron chi connectivity index (χ3n) is 3.54. The summed E-state index contributed by atoms with van der Waals surface area (Å²) in [5, 5.41) is 12.9. The summed E-state index contributed by atoms with van der Waals surface area (Å²) in [6.45, 7) is 2.64. The molecule has 18 heavy (non-hydrogen) atoms. The Morgan fingerprint density at radius 2 is 1.83 bits per heavy atom. The molecule has 2 N–H and O–H groups in total. The van der Waals surface area contributed by atoms with E-state index in [2.05, 4.69) is 5.32 Å². The SMILES string of the molecule is OC1CCC(CNCCOc2ccccc2)CC1. The summed E-state index contributed by atoms with van der Waals surface area (Å²) in [5.41, 5.74) is 0. The molecule has 1 aliphatic carbocycles. The molecule has 1 fully saturated rings. The number of aliphatic hydroxyl groups is 1. The van der Waals surface area contributed by atoms with Crippen LogP contribution in [-0.2, 0) is 0 Å². The van der Waals surface area contributed by atoms with Gasteiger partial charge in [-0.25, -0.2) is 0 Å². The lowest BCUT2D eigenvalue weighted by atomic mass is 9.87. The summed E-state index contributed by atoms with van der Waals surface area (Å²) >= 11 is 0. The minimum absolute atomic E-state index is 0.0531.